The molecule has 7 nitrogen and oxygen atoms in total. The van der Waals surface area contributed by atoms with Crippen LogP contribution < -0.4 is 5.73 Å². The van der Waals surface area contributed by atoms with Crippen LogP contribution in [0.4, 0.5) is 5.95 Å². The van der Waals surface area contributed by atoms with E-state index < -0.39 is 0 Å². The van der Waals surface area contributed by atoms with Crippen molar-refractivity contribution in [3.8, 4) is 0 Å². The number of hydrogen-bond acceptors (Lipinski definition) is 7. The fourth-order valence-corrected chi connectivity index (χ4v) is 4.66. The minimum Gasteiger partial charge on any atom is -0.368 e. The molecular formula is C23H26N6OS. The Morgan fingerprint density at radius 2 is 1.97 bits per heavy atom. The lowest BCUT2D eigenvalue weighted by molar-refractivity contribution is -0.124. The Morgan fingerprint density at radius 3 is 2.71 bits per heavy atom. The number of benzene rings is 1. The molecule has 0 saturated carbocycles. The summed E-state index contributed by atoms with van der Waals surface area (Å²) in [4.78, 5) is 30.3. The molecule has 2 aliphatic rings. The van der Waals surface area contributed by atoms with Crippen molar-refractivity contribution in [3.63, 3.8) is 0 Å². The Bertz CT molecular complexity index is 1030. The van der Waals surface area contributed by atoms with Gasteiger partial charge in [-0.1, -0.05) is 60.3 Å². The second-order valence-corrected chi connectivity index (χ2v) is 8.97. The molecule has 0 bridgehead atoms. The van der Waals surface area contributed by atoms with Crippen molar-refractivity contribution in [2.24, 2.45) is 4.99 Å². The van der Waals surface area contributed by atoms with Crippen LogP contribution in [0.5, 0.6) is 0 Å². The van der Waals surface area contributed by atoms with E-state index in [0.717, 1.165) is 23.4 Å². The number of amides is 1. The van der Waals surface area contributed by atoms with Crippen molar-refractivity contribution in [1.82, 2.24) is 19.8 Å². The van der Waals surface area contributed by atoms with Crippen molar-refractivity contribution in [2.75, 3.05) is 32.9 Å². The van der Waals surface area contributed by atoms with E-state index in [2.05, 4.69) is 20.9 Å². The van der Waals surface area contributed by atoms with Gasteiger partial charge in [0, 0.05) is 25.8 Å². The summed E-state index contributed by atoms with van der Waals surface area (Å²) in [5.74, 6) is 0.234. The highest BCUT2D eigenvalue weighted by atomic mass is 32.2. The summed E-state index contributed by atoms with van der Waals surface area (Å²) in [6.07, 6.45) is 7.79. The molecule has 2 atom stereocenters. The first-order valence-corrected chi connectivity index (χ1v) is 11.1. The Morgan fingerprint density at radius 1 is 1.16 bits per heavy atom. The van der Waals surface area contributed by atoms with Gasteiger partial charge in [0.1, 0.15) is 0 Å². The number of fused-ring (bicyclic) bond motifs is 1. The van der Waals surface area contributed by atoms with Gasteiger partial charge in [0.05, 0.1) is 17.0 Å². The molecule has 31 heavy (non-hydrogen) atoms. The maximum Gasteiger partial charge on any atom is 0.279 e. The summed E-state index contributed by atoms with van der Waals surface area (Å²) in [5.41, 5.74) is 8.59. The van der Waals surface area contributed by atoms with Crippen molar-refractivity contribution >= 4 is 34.2 Å². The van der Waals surface area contributed by atoms with Gasteiger partial charge in [-0.15, -0.1) is 0 Å². The molecule has 1 amide bonds. The second kappa shape index (κ2) is 9.45. The third-order valence-corrected chi connectivity index (χ3v) is 6.33. The predicted octanol–water partition coefficient (Wildman–Crippen LogP) is 2.48. The van der Waals surface area contributed by atoms with E-state index in [1.54, 1.807) is 6.20 Å². The topological polar surface area (TPSA) is 87.7 Å². The number of aromatic nitrogens is 2. The highest BCUT2D eigenvalue weighted by Crippen LogP contribution is 2.35. The van der Waals surface area contributed by atoms with Crippen LogP contribution in [-0.2, 0) is 11.3 Å². The number of allylic oxidation sites excluding steroid dienone is 2. The van der Waals surface area contributed by atoms with Crippen molar-refractivity contribution in [3.05, 3.63) is 72.1 Å². The Labute approximate surface area is 186 Å². The highest BCUT2D eigenvalue weighted by molar-refractivity contribution is 8.16. The normalized spacial score (nSPS) is 19.7. The molecule has 8 heteroatoms. The molecule has 4 rings (SSSR count). The van der Waals surface area contributed by atoms with E-state index in [4.69, 9.17) is 10.7 Å². The third-order valence-electron chi connectivity index (χ3n) is 5.14. The van der Waals surface area contributed by atoms with Crippen LogP contribution in [-0.4, -0.2) is 69.2 Å². The zero-order valence-electron chi connectivity index (χ0n) is 17.7. The number of carbonyl (C=O) groups is 1. The van der Waals surface area contributed by atoms with Crippen molar-refractivity contribution in [1.29, 1.82) is 0 Å². The monoisotopic (exact) mass is 434 g/mol. The molecule has 1 aromatic carbocycles. The number of nitrogens with two attached hydrogens (primary N) is 1. The first-order valence-electron chi connectivity index (χ1n) is 10.2. The lowest BCUT2D eigenvalue weighted by Crippen LogP contribution is -2.39. The Kier molecular flexibility index (Phi) is 6.48. The number of thioether (sulfide) groups is 1. The first kappa shape index (κ1) is 21.3. The van der Waals surface area contributed by atoms with E-state index >= 15 is 0 Å². The number of likely N-dealkylation sites (N-methyl/N-ethyl adjacent to an activating group) is 1. The first-order chi connectivity index (χ1) is 15.0. The molecule has 2 heterocycles. The maximum absolute atomic E-state index is 13.4. The molecule has 1 aromatic heterocycles. The molecule has 1 aliphatic carbocycles. The van der Waals surface area contributed by atoms with Gasteiger partial charge >= 0.3 is 0 Å². The summed E-state index contributed by atoms with van der Waals surface area (Å²) >= 11 is 1.52. The third kappa shape index (κ3) is 5.21. The van der Waals surface area contributed by atoms with E-state index in [-0.39, 0.29) is 23.1 Å². The summed E-state index contributed by atoms with van der Waals surface area (Å²) in [6, 6.07) is 11.9. The molecule has 0 saturated heterocycles. The average Bonchev–Trinajstić information content (AvgIpc) is 3.20. The van der Waals surface area contributed by atoms with E-state index in [9.17, 15) is 4.79 Å². The van der Waals surface area contributed by atoms with Crippen LogP contribution in [0.2, 0.25) is 0 Å². The molecule has 2 N–H and O–H groups in total. The average molecular weight is 435 g/mol. The molecule has 2 aromatic rings. The van der Waals surface area contributed by atoms with Gasteiger partial charge in [0.25, 0.3) is 5.91 Å². The number of carbonyl (C=O) groups excluding carboxylic acids is 1. The number of hydrogen-bond donors (Lipinski definition) is 1. The zero-order valence-corrected chi connectivity index (χ0v) is 18.5. The zero-order chi connectivity index (χ0) is 21.8. The number of aliphatic imine (C=N–C) groups is 1. The van der Waals surface area contributed by atoms with Gasteiger partial charge in [0.15, 0.2) is 5.04 Å². The summed E-state index contributed by atoms with van der Waals surface area (Å²) in [5, 5.41) is 0.636. The quantitative estimate of drug-likeness (QED) is 0.720. The maximum atomic E-state index is 13.4. The molecule has 0 fully saturated rings. The van der Waals surface area contributed by atoms with Gasteiger partial charge in [-0.3, -0.25) is 9.79 Å². The number of rotatable bonds is 7. The van der Waals surface area contributed by atoms with Crippen LogP contribution in [0.25, 0.3) is 5.57 Å². The van der Waals surface area contributed by atoms with E-state index in [1.165, 1.54) is 11.8 Å². The van der Waals surface area contributed by atoms with Crippen LogP contribution in [0.15, 0.2) is 65.8 Å². The van der Waals surface area contributed by atoms with E-state index in [0.29, 0.717) is 18.1 Å². The van der Waals surface area contributed by atoms with Crippen LogP contribution >= 0.6 is 11.8 Å². The van der Waals surface area contributed by atoms with Crippen molar-refractivity contribution in [2.45, 2.75) is 17.8 Å². The SMILES string of the molecule is CN(C)CCN(Cc1ccccc1)C(=O)C1=NC2C=CC(c3ccnc(N)n3)=CC2S1. The Hall–Kier alpha value is -2.97. The second-order valence-electron chi connectivity index (χ2n) is 7.80. The molecule has 160 valence electrons. The summed E-state index contributed by atoms with van der Waals surface area (Å²) < 4.78 is 0. The fourth-order valence-electron chi connectivity index (χ4n) is 3.48. The van der Waals surface area contributed by atoms with Gasteiger partial charge in [-0.2, -0.15) is 0 Å². The van der Waals surface area contributed by atoms with Gasteiger partial charge in [-0.25, -0.2) is 9.97 Å². The molecule has 0 radical (unpaired) electrons. The number of nitrogens with zero attached hydrogens (tertiary/aromatic N) is 5. The van der Waals surface area contributed by atoms with Crippen molar-refractivity contribution < 1.29 is 4.79 Å². The molecular weight excluding hydrogens is 408 g/mol. The predicted molar refractivity (Wildman–Crippen MR) is 127 cm³/mol. The van der Waals surface area contributed by atoms with Gasteiger partial charge in [-0.05, 0) is 31.3 Å². The minimum atomic E-state index is -0.0423. The van der Waals surface area contributed by atoms with Gasteiger partial charge in [0.2, 0.25) is 5.95 Å². The summed E-state index contributed by atoms with van der Waals surface area (Å²) in [7, 11) is 4.02. The minimum absolute atomic E-state index is 0.0141. The molecule has 1 aliphatic heterocycles. The molecule has 2 unspecified atom stereocenters. The largest absolute Gasteiger partial charge is 0.368 e. The van der Waals surface area contributed by atoms with E-state index in [1.807, 2.05) is 67.5 Å². The lowest BCUT2D eigenvalue weighted by atomic mass is 10.0. The Balaban J connectivity index is 1.49. The lowest BCUT2D eigenvalue weighted by Gasteiger charge is -2.24. The van der Waals surface area contributed by atoms with Crippen LogP contribution in [0.1, 0.15) is 11.3 Å². The number of nitrogen functional groups attached to an aromatic ring is 1. The standard InChI is InChI=1S/C23H26N6OS/c1-28(2)12-13-29(15-16-6-4-3-5-7-16)22(30)21-26-19-9-8-17(14-20(19)31-21)18-10-11-25-23(24)27-18/h3-11,14,19-20H,12-13,15H2,1-2H3,(H2,24,25,27). The van der Waals surface area contributed by atoms with Crippen LogP contribution in [0.3, 0.4) is 0 Å². The fraction of sp³-hybridized carbons (Fsp3) is 0.304. The smallest absolute Gasteiger partial charge is 0.279 e. The van der Waals surface area contributed by atoms with Crippen LogP contribution in [0, 0.1) is 0 Å². The summed E-state index contributed by atoms with van der Waals surface area (Å²) in [6.45, 7) is 2.01. The van der Waals surface area contributed by atoms with Gasteiger partial charge < -0.3 is 15.5 Å². The molecule has 0 spiro atoms. The number of anilines is 1. The highest BCUT2D eigenvalue weighted by Gasteiger charge is 2.34.